The van der Waals surface area contributed by atoms with Gasteiger partial charge in [0.25, 0.3) is 0 Å². The van der Waals surface area contributed by atoms with Crippen LogP contribution in [0.5, 0.6) is 0 Å². The minimum absolute atomic E-state index is 0.0555. The second kappa shape index (κ2) is 12.4. The lowest BCUT2D eigenvalue weighted by Crippen LogP contribution is -2.49. The van der Waals surface area contributed by atoms with E-state index in [0.717, 1.165) is 54.4 Å². The Balaban J connectivity index is 0.000000229. The van der Waals surface area contributed by atoms with Gasteiger partial charge in [0.15, 0.2) is 0 Å². The molecule has 0 N–H and O–H groups in total. The zero-order chi connectivity index (χ0) is 28.2. The van der Waals surface area contributed by atoms with Crippen molar-refractivity contribution >= 4 is 31.3 Å². The van der Waals surface area contributed by atoms with E-state index < -0.39 is 8.07 Å². The van der Waals surface area contributed by atoms with Gasteiger partial charge in [-0.25, -0.2) is 8.78 Å². The van der Waals surface area contributed by atoms with E-state index in [-0.39, 0.29) is 29.4 Å². The fraction of sp³-hybridized carbons (Fsp3) is 0.344. The van der Waals surface area contributed by atoms with Gasteiger partial charge in [0, 0.05) is 48.4 Å². The van der Waals surface area contributed by atoms with Crippen molar-refractivity contribution in [2.45, 2.75) is 38.9 Å². The Morgan fingerprint density at radius 3 is 2.08 bits per heavy atom. The first-order chi connectivity index (χ1) is 18.5. The topological polar surface area (TPSA) is 23.6 Å². The van der Waals surface area contributed by atoms with Crippen molar-refractivity contribution in [3.05, 3.63) is 100 Å². The largest absolute Gasteiger partial charge is 0.368 e. The van der Waals surface area contributed by atoms with Gasteiger partial charge in [-0.3, -0.25) is 4.79 Å². The van der Waals surface area contributed by atoms with Gasteiger partial charge in [-0.1, -0.05) is 55.4 Å². The van der Waals surface area contributed by atoms with Crippen LogP contribution in [0, 0.1) is 35.9 Å². The lowest BCUT2D eigenvalue weighted by Gasteiger charge is -2.37. The molecule has 2 atom stereocenters. The van der Waals surface area contributed by atoms with Crippen LogP contribution >= 0.6 is 11.6 Å². The highest BCUT2D eigenvalue weighted by atomic mass is 35.5. The molecule has 0 bridgehead atoms. The van der Waals surface area contributed by atoms with Gasteiger partial charge in [-0.05, 0) is 78.9 Å². The van der Waals surface area contributed by atoms with E-state index in [1.54, 1.807) is 24.3 Å². The molecule has 39 heavy (non-hydrogen) atoms. The zero-order valence-corrected chi connectivity index (χ0v) is 24.7. The van der Waals surface area contributed by atoms with E-state index in [1.165, 1.54) is 29.8 Å². The summed E-state index contributed by atoms with van der Waals surface area (Å²) < 4.78 is 25.6. The Kier molecular flexibility index (Phi) is 9.14. The molecular formula is C32H35ClF2N2OSi. The summed E-state index contributed by atoms with van der Waals surface area (Å²) in [7, 11) is -1.31. The van der Waals surface area contributed by atoms with Crippen LogP contribution in [0.1, 0.15) is 29.0 Å². The van der Waals surface area contributed by atoms with E-state index in [1.807, 2.05) is 23.1 Å². The number of anilines is 1. The standard InChI is InChI=1S/C21H22ClFN2O.C11H13FSi/c1-14-2-5-16(22)12-20(14)24-8-10-25(11-9-24)21(26)19-13-18(19)15-3-6-17(23)7-4-15;1-13(2,3)9-8-10-4-6-11(12)7-5-10/h2-7,12,18-19H,8-11,13H2,1H3;4-7H,1-3H3. The average Bonchev–Trinajstić information content (AvgIpc) is 3.71. The van der Waals surface area contributed by atoms with Crippen molar-refractivity contribution in [3.63, 3.8) is 0 Å². The van der Waals surface area contributed by atoms with Crippen LogP contribution in [0.15, 0.2) is 66.7 Å². The molecule has 0 aromatic heterocycles. The smallest absolute Gasteiger partial charge is 0.226 e. The predicted octanol–water partition coefficient (Wildman–Crippen LogP) is 7.29. The van der Waals surface area contributed by atoms with E-state index >= 15 is 0 Å². The number of piperazine rings is 1. The normalized spacial score (nSPS) is 18.4. The van der Waals surface area contributed by atoms with Crippen LogP contribution in [0.4, 0.5) is 14.5 Å². The predicted molar refractivity (Wildman–Crippen MR) is 159 cm³/mol. The van der Waals surface area contributed by atoms with Crippen LogP contribution in [0.3, 0.4) is 0 Å². The van der Waals surface area contributed by atoms with Crippen molar-refractivity contribution in [2.24, 2.45) is 5.92 Å². The van der Waals surface area contributed by atoms with Crippen LogP contribution in [0.25, 0.3) is 0 Å². The van der Waals surface area contributed by atoms with Crippen molar-refractivity contribution in [1.82, 2.24) is 4.90 Å². The number of halogens is 3. The molecule has 1 saturated carbocycles. The molecule has 1 heterocycles. The Morgan fingerprint density at radius 2 is 1.49 bits per heavy atom. The molecule has 0 spiro atoms. The number of carbonyl (C=O) groups is 1. The fourth-order valence-electron chi connectivity index (χ4n) is 4.66. The van der Waals surface area contributed by atoms with Crippen LogP contribution in [-0.4, -0.2) is 45.1 Å². The summed E-state index contributed by atoms with van der Waals surface area (Å²) in [5.41, 5.74) is 7.54. The Labute approximate surface area is 236 Å². The van der Waals surface area contributed by atoms with Gasteiger partial charge in [-0.2, -0.15) is 0 Å². The highest BCUT2D eigenvalue weighted by molar-refractivity contribution is 6.83. The zero-order valence-electron chi connectivity index (χ0n) is 23.0. The summed E-state index contributed by atoms with van der Waals surface area (Å²) in [6, 6.07) is 18.8. The number of rotatable bonds is 3. The van der Waals surface area contributed by atoms with Gasteiger partial charge in [0.2, 0.25) is 5.91 Å². The lowest BCUT2D eigenvalue weighted by atomic mass is 10.1. The first-order valence-corrected chi connectivity index (χ1v) is 17.2. The third-order valence-electron chi connectivity index (χ3n) is 6.94. The highest BCUT2D eigenvalue weighted by Gasteiger charge is 2.46. The second-order valence-electron chi connectivity index (χ2n) is 11.3. The number of carbonyl (C=O) groups excluding carboxylic acids is 1. The molecule has 5 rings (SSSR count). The Morgan fingerprint density at radius 1 is 0.897 bits per heavy atom. The lowest BCUT2D eigenvalue weighted by molar-refractivity contribution is -0.132. The molecule has 204 valence electrons. The summed E-state index contributed by atoms with van der Waals surface area (Å²) in [5.74, 6) is 3.16. The number of benzene rings is 3. The molecule has 1 saturated heterocycles. The summed E-state index contributed by atoms with van der Waals surface area (Å²) in [6.45, 7) is 11.7. The molecular weight excluding hydrogens is 530 g/mol. The summed E-state index contributed by atoms with van der Waals surface area (Å²) in [5, 5.41) is 0.740. The maximum absolute atomic E-state index is 13.1. The van der Waals surface area contributed by atoms with Gasteiger partial charge in [0.1, 0.15) is 19.7 Å². The number of aryl methyl sites for hydroxylation is 1. The molecule has 3 nitrogen and oxygen atoms in total. The van der Waals surface area contributed by atoms with Crippen LogP contribution in [-0.2, 0) is 4.79 Å². The third kappa shape index (κ3) is 8.17. The highest BCUT2D eigenvalue weighted by Crippen LogP contribution is 2.48. The maximum Gasteiger partial charge on any atom is 0.226 e. The minimum atomic E-state index is -1.31. The Bertz CT molecular complexity index is 1350. The molecule has 3 aromatic rings. The second-order valence-corrected chi connectivity index (χ2v) is 16.4. The fourth-order valence-corrected chi connectivity index (χ4v) is 5.35. The SMILES string of the molecule is C[Si](C)(C)C#Cc1ccc(F)cc1.Cc1ccc(Cl)cc1N1CCN(C(=O)C2CC2c2ccc(F)cc2)CC1. The van der Waals surface area contributed by atoms with Crippen molar-refractivity contribution < 1.29 is 13.6 Å². The van der Waals surface area contributed by atoms with E-state index in [4.69, 9.17) is 11.6 Å². The first kappa shape index (κ1) is 28.9. The van der Waals surface area contributed by atoms with Gasteiger partial charge in [-0.15, -0.1) is 5.54 Å². The number of amides is 1. The molecule has 1 amide bonds. The molecule has 0 radical (unpaired) electrons. The molecule has 2 unspecified atom stereocenters. The number of hydrogen-bond donors (Lipinski definition) is 0. The molecule has 3 aromatic carbocycles. The number of nitrogens with zero attached hydrogens (tertiary/aromatic N) is 2. The monoisotopic (exact) mass is 564 g/mol. The molecule has 7 heteroatoms. The van der Waals surface area contributed by atoms with Crippen molar-refractivity contribution in [1.29, 1.82) is 0 Å². The third-order valence-corrected chi connectivity index (χ3v) is 8.05. The molecule has 1 aliphatic heterocycles. The maximum atomic E-state index is 13.1. The summed E-state index contributed by atoms with van der Waals surface area (Å²) >= 11 is 6.13. The first-order valence-electron chi connectivity index (χ1n) is 13.3. The van der Waals surface area contributed by atoms with Gasteiger partial charge >= 0.3 is 0 Å². The van der Waals surface area contributed by atoms with Crippen LogP contribution < -0.4 is 4.90 Å². The van der Waals surface area contributed by atoms with Gasteiger partial charge in [0.05, 0.1) is 0 Å². The minimum Gasteiger partial charge on any atom is -0.368 e. The van der Waals surface area contributed by atoms with Gasteiger partial charge < -0.3 is 9.80 Å². The van der Waals surface area contributed by atoms with Crippen LogP contribution in [0.2, 0.25) is 24.7 Å². The molecule has 2 fully saturated rings. The van der Waals surface area contributed by atoms with E-state index in [9.17, 15) is 13.6 Å². The number of hydrogen-bond acceptors (Lipinski definition) is 2. The van der Waals surface area contributed by atoms with E-state index in [0.29, 0.717) is 0 Å². The Hall–Kier alpha value is -3.14. The van der Waals surface area contributed by atoms with Crippen molar-refractivity contribution in [3.8, 4) is 11.5 Å². The molecule has 2 aliphatic rings. The average molecular weight is 565 g/mol. The molecule has 1 aliphatic carbocycles. The quantitative estimate of drug-likeness (QED) is 0.246. The summed E-state index contributed by atoms with van der Waals surface area (Å²) in [4.78, 5) is 17.1. The summed E-state index contributed by atoms with van der Waals surface area (Å²) in [6.07, 6.45) is 0.873. The van der Waals surface area contributed by atoms with Crippen molar-refractivity contribution in [2.75, 3.05) is 31.1 Å². The van der Waals surface area contributed by atoms with E-state index in [2.05, 4.69) is 42.9 Å².